The van der Waals surface area contributed by atoms with Crippen molar-refractivity contribution in [3.8, 4) is 0 Å². The number of nitrogens with two attached hydrogens (primary N) is 1. The Labute approximate surface area is 57.8 Å². The van der Waals surface area contributed by atoms with Crippen molar-refractivity contribution in [2.45, 2.75) is 6.92 Å². The largest absolute Gasteiger partial charge is 0.387 e. The van der Waals surface area contributed by atoms with E-state index in [2.05, 4.69) is 17.4 Å². The Bertz CT molecular complexity index is 231. The zero-order valence-electron chi connectivity index (χ0n) is 4.92. The number of hydrogen-bond donors (Lipinski definition) is 1. The minimum absolute atomic E-state index is 0.246. The molecule has 0 unspecified atom stereocenters. The SMILES string of the molecule is Cc1cc(C(N)=S)on1. The molecule has 1 aromatic rings. The lowest BCUT2D eigenvalue weighted by molar-refractivity contribution is 0.409. The highest BCUT2D eigenvalue weighted by Crippen LogP contribution is 2.00. The van der Waals surface area contributed by atoms with E-state index in [-0.39, 0.29) is 4.99 Å². The normalized spacial score (nSPS) is 9.44. The van der Waals surface area contributed by atoms with Crippen LogP contribution in [-0.4, -0.2) is 10.1 Å². The van der Waals surface area contributed by atoms with Gasteiger partial charge in [0, 0.05) is 6.07 Å². The molecule has 0 saturated heterocycles. The summed E-state index contributed by atoms with van der Waals surface area (Å²) in [5.41, 5.74) is 6.01. The van der Waals surface area contributed by atoms with Crippen molar-refractivity contribution in [2.75, 3.05) is 0 Å². The van der Waals surface area contributed by atoms with Gasteiger partial charge in [0.2, 0.25) is 0 Å². The summed E-state index contributed by atoms with van der Waals surface area (Å²) in [5, 5.41) is 3.60. The quantitative estimate of drug-likeness (QED) is 0.584. The Morgan fingerprint density at radius 2 is 2.56 bits per heavy atom. The molecule has 0 amide bonds. The van der Waals surface area contributed by atoms with Crippen LogP contribution in [0.15, 0.2) is 10.6 Å². The molecule has 0 radical (unpaired) electrons. The molecule has 0 saturated carbocycles. The first-order valence-electron chi connectivity index (χ1n) is 2.43. The summed E-state index contributed by atoms with van der Waals surface area (Å²) in [7, 11) is 0. The minimum Gasteiger partial charge on any atom is -0.387 e. The Hall–Kier alpha value is -0.900. The predicted molar refractivity (Wildman–Crippen MR) is 37.1 cm³/mol. The predicted octanol–water partition coefficient (Wildman–Crippen LogP) is 0.617. The van der Waals surface area contributed by atoms with E-state index in [1.807, 2.05) is 6.92 Å². The van der Waals surface area contributed by atoms with Gasteiger partial charge in [-0.25, -0.2) is 0 Å². The summed E-state index contributed by atoms with van der Waals surface area (Å²) in [4.78, 5) is 0.246. The average molecular weight is 142 g/mol. The van der Waals surface area contributed by atoms with Gasteiger partial charge in [0.05, 0.1) is 5.69 Å². The van der Waals surface area contributed by atoms with Crippen LogP contribution in [0.2, 0.25) is 0 Å². The standard InChI is InChI=1S/C5H6N2OS/c1-3-2-4(5(6)9)8-7-3/h2H,1H3,(H2,6,9). The van der Waals surface area contributed by atoms with Gasteiger partial charge in [0.15, 0.2) is 5.76 Å². The van der Waals surface area contributed by atoms with Gasteiger partial charge in [-0.2, -0.15) is 0 Å². The Kier molecular flexibility index (Phi) is 1.48. The van der Waals surface area contributed by atoms with Crippen LogP contribution < -0.4 is 5.73 Å². The fourth-order valence-electron chi connectivity index (χ4n) is 0.480. The van der Waals surface area contributed by atoms with Crippen LogP contribution in [0, 0.1) is 6.92 Å². The number of aromatic nitrogens is 1. The van der Waals surface area contributed by atoms with Crippen molar-refractivity contribution in [3.05, 3.63) is 17.5 Å². The van der Waals surface area contributed by atoms with Gasteiger partial charge in [-0.05, 0) is 6.92 Å². The van der Waals surface area contributed by atoms with Gasteiger partial charge >= 0.3 is 0 Å². The van der Waals surface area contributed by atoms with Crippen molar-refractivity contribution in [1.29, 1.82) is 0 Å². The molecule has 0 bridgehead atoms. The van der Waals surface area contributed by atoms with Crippen LogP contribution in [0.3, 0.4) is 0 Å². The molecule has 0 fully saturated rings. The van der Waals surface area contributed by atoms with E-state index in [0.717, 1.165) is 5.69 Å². The molecule has 0 aliphatic heterocycles. The number of thiocarbonyl (C=S) groups is 1. The van der Waals surface area contributed by atoms with E-state index < -0.39 is 0 Å². The second-order valence-electron chi connectivity index (χ2n) is 1.70. The Balaban J connectivity index is 2.98. The molecule has 2 N–H and O–H groups in total. The highest BCUT2D eigenvalue weighted by Gasteiger charge is 2.00. The summed E-state index contributed by atoms with van der Waals surface area (Å²) >= 11 is 4.62. The van der Waals surface area contributed by atoms with Crippen LogP contribution in [0.5, 0.6) is 0 Å². The molecule has 0 aliphatic rings. The molecule has 0 atom stereocenters. The molecule has 3 nitrogen and oxygen atoms in total. The van der Waals surface area contributed by atoms with Crippen molar-refractivity contribution < 1.29 is 4.52 Å². The third-order valence-corrected chi connectivity index (χ3v) is 1.07. The molecule has 1 aromatic heterocycles. The van der Waals surface area contributed by atoms with Gasteiger partial charge in [-0.1, -0.05) is 17.4 Å². The first-order valence-corrected chi connectivity index (χ1v) is 2.84. The molecule has 0 aliphatic carbocycles. The average Bonchev–Trinajstić information content (AvgIpc) is 2.14. The second-order valence-corrected chi connectivity index (χ2v) is 2.14. The van der Waals surface area contributed by atoms with Crippen LogP contribution >= 0.6 is 12.2 Å². The lowest BCUT2D eigenvalue weighted by atomic mass is 10.4. The Morgan fingerprint density at radius 1 is 1.89 bits per heavy atom. The van der Waals surface area contributed by atoms with E-state index in [1.165, 1.54) is 0 Å². The zero-order chi connectivity index (χ0) is 6.85. The first kappa shape index (κ1) is 6.22. The molecule has 0 spiro atoms. The molecular formula is C5H6N2OS. The first-order chi connectivity index (χ1) is 4.20. The van der Waals surface area contributed by atoms with E-state index >= 15 is 0 Å². The summed E-state index contributed by atoms with van der Waals surface area (Å²) in [6, 6.07) is 1.70. The molecule has 0 aromatic carbocycles. The fourth-order valence-corrected chi connectivity index (χ4v) is 0.576. The Morgan fingerprint density at radius 3 is 2.78 bits per heavy atom. The van der Waals surface area contributed by atoms with E-state index in [9.17, 15) is 0 Å². The molecule has 9 heavy (non-hydrogen) atoms. The summed E-state index contributed by atoms with van der Waals surface area (Å²) in [6.07, 6.45) is 0. The number of rotatable bonds is 1. The van der Waals surface area contributed by atoms with Crippen LogP contribution in [-0.2, 0) is 0 Å². The fraction of sp³-hybridized carbons (Fsp3) is 0.200. The molecule has 48 valence electrons. The summed E-state index contributed by atoms with van der Waals surface area (Å²) in [6.45, 7) is 1.81. The van der Waals surface area contributed by atoms with Gasteiger partial charge in [0.25, 0.3) is 0 Å². The highest BCUT2D eigenvalue weighted by atomic mass is 32.1. The lowest BCUT2D eigenvalue weighted by Crippen LogP contribution is -2.07. The van der Waals surface area contributed by atoms with E-state index in [0.29, 0.717) is 5.76 Å². The molecule has 1 rings (SSSR count). The van der Waals surface area contributed by atoms with Gasteiger partial charge < -0.3 is 10.3 Å². The van der Waals surface area contributed by atoms with Crippen LogP contribution in [0.1, 0.15) is 11.5 Å². The van der Waals surface area contributed by atoms with E-state index in [4.69, 9.17) is 10.3 Å². The number of aryl methyl sites for hydroxylation is 1. The number of hydrogen-bond acceptors (Lipinski definition) is 3. The topological polar surface area (TPSA) is 52.0 Å². The van der Waals surface area contributed by atoms with Gasteiger partial charge in [-0.3, -0.25) is 0 Å². The molecule has 4 heteroatoms. The maximum Gasteiger partial charge on any atom is 0.193 e. The number of nitrogens with zero attached hydrogens (tertiary/aromatic N) is 1. The van der Waals surface area contributed by atoms with Crippen LogP contribution in [0.25, 0.3) is 0 Å². The third-order valence-electron chi connectivity index (χ3n) is 0.871. The monoisotopic (exact) mass is 142 g/mol. The maximum absolute atomic E-state index is 5.22. The third kappa shape index (κ3) is 1.26. The molecular weight excluding hydrogens is 136 g/mol. The maximum atomic E-state index is 5.22. The summed E-state index contributed by atoms with van der Waals surface area (Å²) in [5.74, 6) is 0.475. The van der Waals surface area contributed by atoms with Crippen molar-refractivity contribution in [3.63, 3.8) is 0 Å². The zero-order valence-corrected chi connectivity index (χ0v) is 5.73. The lowest BCUT2D eigenvalue weighted by Gasteiger charge is -1.82. The van der Waals surface area contributed by atoms with Crippen molar-refractivity contribution in [1.82, 2.24) is 5.16 Å². The van der Waals surface area contributed by atoms with Crippen molar-refractivity contribution >= 4 is 17.2 Å². The van der Waals surface area contributed by atoms with Gasteiger partial charge in [0.1, 0.15) is 4.99 Å². The minimum atomic E-state index is 0.246. The highest BCUT2D eigenvalue weighted by molar-refractivity contribution is 7.80. The van der Waals surface area contributed by atoms with Crippen molar-refractivity contribution in [2.24, 2.45) is 5.73 Å². The second kappa shape index (κ2) is 2.14. The van der Waals surface area contributed by atoms with E-state index in [1.54, 1.807) is 6.07 Å². The van der Waals surface area contributed by atoms with Gasteiger partial charge in [-0.15, -0.1) is 0 Å². The van der Waals surface area contributed by atoms with Crippen LogP contribution in [0.4, 0.5) is 0 Å². The smallest absolute Gasteiger partial charge is 0.193 e. The summed E-state index contributed by atoms with van der Waals surface area (Å²) < 4.78 is 4.71. The molecule has 1 heterocycles.